The molecule has 0 unspecified atom stereocenters. The summed E-state index contributed by atoms with van der Waals surface area (Å²) in [5.41, 5.74) is 8.23. The molecule has 1 fully saturated rings. The van der Waals surface area contributed by atoms with Crippen molar-refractivity contribution in [2.45, 2.75) is 6.92 Å². The Kier molecular flexibility index (Phi) is 3.84. The van der Waals surface area contributed by atoms with E-state index in [1.54, 1.807) is 12.4 Å². The molecule has 2 N–H and O–H groups in total. The molecule has 0 aromatic carbocycles. The van der Waals surface area contributed by atoms with Crippen molar-refractivity contribution < 1.29 is 0 Å². The minimum absolute atomic E-state index is 0.620. The smallest absolute Gasteiger partial charge is 0.147 e. The Bertz CT molecular complexity index is 560. The van der Waals surface area contributed by atoms with E-state index in [-0.39, 0.29) is 0 Å². The first-order chi connectivity index (χ1) is 9.79. The fourth-order valence-electron chi connectivity index (χ4n) is 2.57. The standard InChI is InChI=1S/C14H19N5S/c1-2-18-7-9-19(10-8-18)14-12(13(15)17-20-14)11-3-5-16-6-4-11/h3-6H,2,7-10H2,1H3,(H2,15,17). The van der Waals surface area contributed by atoms with Gasteiger partial charge < -0.3 is 15.5 Å². The minimum Gasteiger partial charge on any atom is -0.382 e. The van der Waals surface area contributed by atoms with E-state index in [9.17, 15) is 0 Å². The molecule has 0 aliphatic carbocycles. The summed E-state index contributed by atoms with van der Waals surface area (Å²) in [6, 6.07) is 3.98. The first-order valence-corrected chi connectivity index (χ1v) is 7.69. The Morgan fingerprint density at radius 2 is 1.90 bits per heavy atom. The summed E-state index contributed by atoms with van der Waals surface area (Å²) < 4.78 is 4.35. The molecule has 3 heterocycles. The zero-order valence-electron chi connectivity index (χ0n) is 11.6. The summed E-state index contributed by atoms with van der Waals surface area (Å²) in [6.45, 7) is 7.61. The van der Waals surface area contributed by atoms with E-state index in [0.29, 0.717) is 5.82 Å². The molecular formula is C14H19N5S. The van der Waals surface area contributed by atoms with E-state index >= 15 is 0 Å². The Morgan fingerprint density at radius 3 is 2.55 bits per heavy atom. The van der Waals surface area contributed by atoms with Gasteiger partial charge in [-0.3, -0.25) is 4.98 Å². The van der Waals surface area contributed by atoms with Gasteiger partial charge in [-0.2, -0.15) is 4.37 Å². The van der Waals surface area contributed by atoms with Crippen molar-refractivity contribution in [1.29, 1.82) is 0 Å². The molecule has 0 atom stereocenters. The number of piperazine rings is 1. The third-order valence-electron chi connectivity index (χ3n) is 3.78. The molecule has 3 rings (SSSR count). The molecule has 5 nitrogen and oxygen atoms in total. The van der Waals surface area contributed by atoms with Gasteiger partial charge in [-0.15, -0.1) is 0 Å². The second-order valence-electron chi connectivity index (χ2n) is 4.91. The van der Waals surface area contributed by atoms with E-state index in [1.165, 1.54) is 16.5 Å². The predicted molar refractivity (Wildman–Crippen MR) is 84.1 cm³/mol. The average Bonchev–Trinajstić information content (AvgIpc) is 2.90. The van der Waals surface area contributed by atoms with Crippen LogP contribution < -0.4 is 10.6 Å². The molecule has 0 saturated carbocycles. The molecule has 2 aromatic rings. The fraction of sp³-hybridized carbons (Fsp3) is 0.429. The third-order valence-corrected chi connectivity index (χ3v) is 4.70. The van der Waals surface area contributed by atoms with Gasteiger partial charge in [-0.05, 0) is 35.8 Å². The normalized spacial score (nSPS) is 16.6. The molecular weight excluding hydrogens is 270 g/mol. The number of nitrogens with zero attached hydrogens (tertiary/aromatic N) is 4. The highest BCUT2D eigenvalue weighted by molar-refractivity contribution is 7.11. The van der Waals surface area contributed by atoms with Crippen LogP contribution in [0.3, 0.4) is 0 Å². The largest absolute Gasteiger partial charge is 0.382 e. The Morgan fingerprint density at radius 1 is 1.20 bits per heavy atom. The molecule has 0 bridgehead atoms. The van der Waals surface area contributed by atoms with Crippen LogP contribution in [0.1, 0.15) is 6.92 Å². The summed E-state index contributed by atoms with van der Waals surface area (Å²) >= 11 is 1.50. The van der Waals surface area contributed by atoms with Crippen LogP contribution in [0.15, 0.2) is 24.5 Å². The first-order valence-electron chi connectivity index (χ1n) is 6.92. The van der Waals surface area contributed by atoms with Crippen LogP contribution in [0.4, 0.5) is 10.8 Å². The number of hydrogen-bond donors (Lipinski definition) is 1. The topological polar surface area (TPSA) is 58.3 Å². The van der Waals surface area contributed by atoms with E-state index in [2.05, 4.69) is 26.1 Å². The van der Waals surface area contributed by atoms with Crippen molar-refractivity contribution in [2.24, 2.45) is 0 Å². The lowest BCUT2D eigenvalue weighted by Gasteiger charge is -2.34. The number of nitrogen functional groups attached to an aromatic ring is 1. The van der Waals surface area contributed by atoms with Crippen molar-refractivity contribution in [2.75, 3.05) is 43.4 Å². The van der Waals surface area contributed by atoms with Gasteiger partial charge in [-0.25, -0.2) is 0 Å². The summed E-state index contributed by atoms with van der Waals surface area (Å²) in [7, 11) is 0. The maximum absolute atomic E-state index is 6.08. The number of rotatable bonds is 3. The van der Waals surface area contributed by atoms with Crippen LogP contribution in [0.25, 0.3) is 11.1 Å². The lowest BCUT2D eigenvalue weighted by Crippen LogP contribution is -2.46. The number of nitrogens with two attached hydrogens (primary N) is 1. The molecule has 1 saturated heterocycles. The average molecular weight is 289 g/mol. The van der Waals surface area contributed by atoms with Gasteiger partial charge in [0.25, 0.3) is 0 Å². The monoisotopic (exact) mass is 289 g/mol. The van der Waals surface area contributed by atoms with Gasteiger partial charge in [-0.1, -0.05) is 6.92 Å². The molecule has 0 amide bonds. The van der Waals surface area contributed by atoms with Crippen LogP contribution in [-0.4, -0.2) is 47.0 Å². The molecule has 1 aliphatic rings. The molecule has 2 aromatic heterocycles. The summed E-state index contributed by atoms with van der Waals surface area (Å²) in [5, 5.41) is 1.18. The van der Waals surface area contributed by atoms with Gasteiger partial charge in [0.2, 0.25) is 0 Å². The molecule has 20 heavy (non-hydrogen) atoms. The summed E-state index contributed by atoms with van der Waals surface area (Å²) in [6.07, 6.45) is 3.59. The van der Waals surface area contributed by atoms with E-state index in [1.807, 2.05) is 12.1 Å². The van der Waals surface area contributed by atoms with Crippen molar-refractivity contribution >= 4 is 22.4 Å². The SMILES string of the molecule is CCN1CCN(c2snc(N)c2-c2ccncc2)CC1. The molecule has 0 spiro atoms. The van der Waals surface area contributed by atoms with E-state index in [0.717, 1.165) is 43.9 Å². The van der Waals surface area contributed by atoms with Crippen molar-refractivity contribution in [3.05, 3.63) is 24.5 Å². The van der Waals surface area contributed by atoms with Crippen molar-refractivity contribution in [3.63, 3.8) is 0 Å². The Hall–Kier alpha value is -1.66. The lowest BCUT2D eigenvalue weighted by molar-refractivity contribution is 0.271. The second kappa shape index (κ2) is 5.76. The summed E-state index contributed by atoms with van der Waals surface area (Å²) in [5.74, 6) is 0.620. The van der Waals surface area contributed by atoms with E-state index in [4.69, 9.17) is 5.73 Å². The van der Waals surface area contributed by atoms with Crippen LogP contribution >= 0.6 is 11.5 Å². The lowest BCUT2D eigenvalue weighted by atomic mass is 10.1. The van der Waals surface area contributed by atoms with Gasteiger partial charge >= 0.3 is 0 Å². The third kappa shape index (κ3) is 2.48. The van der Waals surface area contributed by atoms with Gasteiger partial charge in [0.05, 0.1) is 5.56 Å². The number of pyridine rings is 1. The molecule has 106 valence electrons. The van der Waals surface area contributed by atoms with Crippen LogP contribution in [-0.2, 0) is 0 Å². The maximum Gasteiger partial charge on any atom is 0.147 e. The fourth-order valence-corrected chi connectivity index (χ4v) is 3.45. The number of anilines is 2. The quantitative estimate of drug-likeness (QED) is 0.935. The maximum atomic E-state index is 6.08. The van der Waals surface area contributed by atoms with Crippen molar-refractivity contribution in [1.82, 2.24) is 14.3 Å². The molecule has 6 heteroatoms. The van der Waals surface area contributed by atoms with Crippen LogP contribution in [0.5, 0.6) is 0 Å². The van der Waals surface area contributed by atoms with Crippen LogP contribution in [0.2, 0.25) is 0 Å². The number of hydrogen-bond acceptors (Lipinski definition) is 6. The highest BCUT2D eigenvalue weighted by atomic mass is 32.1. The molecule has 0 radical (unpaired) electrons. The second-order valence-corrected chi connectivity index (χ2v) is 5.66. The van der Waals surface area contributed by atoms with Gasteiger partial charge in [0, 0.05) is 38.6 Å². The highest BCUT2D eigenvalue weighted by Crippen LogP contribution is 2.39. The zero-order chi connectivity index (χ0) is 13.9. The summed E-state index contributed by atoms with van der Waals surface area (Å²) in [4.78, 5) is 8.93. The minimum atomic E-state index is 0.620. The number of aromatic nitrogens is 2. The zero-order valence-corrected chi connectivity index (χ0v) is 12.4. The first kappa shape index (κ1) is 13.3. The van der Waals surface area contributed by atoms with Crippen LogP contribution in [0, 0.1) is 0 Å². The molecule has 1 aliphatic heterocycles. The highest BCUT2D eigenvalue weighted by Gasteiger charge is 2.22. The van der Waals surface area contributed by atoms with Gasteiger partial charge in [0.1, 0.15) is 10.8 Å². The van der Waals surface area contributed by atoms with Gasteiger partial charge in [0.15, 0.2) is 0 Å². The number of likely N-dealkylation sites (N-methyl/N-ethyl adjacent to an activating group) is 1. The van der Waals surface area contributed by atoms with Crippen molar-refractivity contribution in [3.8, 4) is 11.1 Å². The Labute approximate surface area is 123 Å². The Balaban J connectivity index is 1.88. The van der Waals surface area contributed by atoms with E-state index < -0.39 is 0 Å². The predicted octanol–water partition coefficient (Wildman–Crippen LogP) is 1.93.